The van der Waals surface area contributed by atoms with Crippen LogP contribution in [0.25, 0.3) is 0 Å². The molecule has 8 nitrogen and oxygen atoms in total. The van der Waals surface area contributed by atoms with Gasteiger partial charge in [0.15, 0.2) is 0 Å². The topological polar surface area (TPSA) is 123 Å². The Morgan fingerprint density at radius 1 is 1.24 bits per heavy atom. The van der Waals surface area contributed by atoms with Crippen LogP contribution >= 0.6 is 0 Å². The highest BCUT2D eigenvalue weighted by atomic mass is 16.5. The molecule has 0 aliphatic carbocycles. The van der Waals surface area contributed by atoms with Crippen LogP contribution in [0.4, 0.5) is 4.79 Å². The van der Waals surface area contributed by atoms with Crippen molar-refractivity contribution in [2.75, 3.05) is 7.11 Å². The number of carbonyl (C=O) groups excluding carboxylic acids is 3. The van der Waals surface area contributed by atoms with E-state index in [-0.39, 0.29) is 18.0 Å². The van der Waals surface area contributed by atoms with E-state index in [0.717, 1.165) is 23.1 Å². The quantitative estimate of drug-likeness (QED) is 0.165. The van der Waals surface area contributed by atoms with Gasteiger partial charge in [-0.3, -0.25) is 20.7 Å². The lowest BCUT2D eigenvalue weighted by Gasteiger charge is -2.13. The van der Waals surface area contributed by atoms with Crippen molar-refractivity contribution >= 4 is 17.9 Å². The van der Waals surface area contributed by atoms with Gasteiger partial charge < -0.3 is 15.5 Å². The average molecular weight is 402 g/mol. The first-order valence-electron chi connectivity index (χ1n) is 9.41. The number of benzene rings is 1. The summed E-state index contributed by atoms with van der Waals surface area (Å²) in [4.78, 5) is 35.5. The predicted octanol–water partition coefficient (Wildman–Crippen LogP) is 2.13. The van der Waals surface area contributed by atoms with Crippen molar-refractivity contribution in [2.45, 2.75) is 46.6 Å². The van der Waals surface area contributed by atoms with Gasteiger partial charge in [0.1, 0.15) is 0 Å². The Bertz CT molecular complexity index is 800. The monoisotopic (exact) mass is 402 g/mol. The normalized spacial score (nSPS) is 11.6. The highest BCUT2D eigenvalue weighted by Gasteiger charge is 2.13. The summed E-state index contributed by atoms with van der Waals surface area (Å²) in [6.07, 6.45) is 4.78. The Morgan fingerprint density at radius 2 is 1.97 bits per heavy atom. The molecule has 0 unspecified atom stereocenters. The molecule has 8 heteroatoms. The summed E-state index contributed by atoms with van der Waals surface area (Å²) in [6, 6.07) is 5.39. The molecule has 0 aliphatic heterocycles. The number of allylic oxidation sites excluding steroid dienone is 2. The Hall–Kier alpha value is -3.13. The molecule has 0 bridgehead atoms. The highest BCUT2D eigenvalue weighted by Crippen LogP contribution is 2.14. The summed E-state index contributed by atoms with van der Waals surface area (Å²) >= 11 is 0. The van der Waals surface area contributed by atoms with Crippen LogP contribution in [0, 0.1) is 6.92 Å². The molecule has 0 aliphatic rings. The molecule has 3 amide bonds. The summed E-state index contributed by atoms with van der Waals surface area (Å²) < 4.78 is 4.56. The summed E-state index contributed by atoms with van der Waals surface area (Å²) in [6.45, 7) is 5.90. The van der Waals surface area contributed by atoms with E-state index in [9.17, 15) is 14.4 Å². The molecule has 1 aromatic carbocycles. The fourth-order valence-electron chi connectivity index (χ4n) is 2.67. The van der Waals surface area contributed by atoms with Crippen LogP contribution in [-0.4, -0.2) is 25.0 Å². The smallest absolute Gasteiger partial charge is 0.321 e. The lowest BCUT2D eigenvalue weighted by atomic mass is 10.0. The van der Waals surface area contributed by atoms with Crippen molar-refractivity contribution < 1.29 is 19.1 Å². The first-order chi connectivity index (χ1) is 13.8. The number of amides is 3. The van der Waals surface area contributed by atoms with Crippen molar-refractivity contribution in [1.82, 2.24) is 16.1 Å². The van der Waals surface area contributed by atoms with Crippen LogP contribution in [0.1, 0.15) is 43.4 Å². The van der Waals surface area contributed by atoms with Crippen LogP contribution < -0.4 is 21.9 Å². The van der Waals surface area contributed by atoms with Gasteiger partial charge in [0.05, 0.1) is 12.8 Å². The molecule has 0 aromatic heterocycles. The minimum atomic E-state index is -0.592. The first kappa shape index (κ1) is 23.9. The van der Waals surface area contributed by atoms with Crippen LogP contribution in [0.2, 0.25) is 0 Å². The summed E-state index contributed by atoms with van der Waals surface area (Å²) in [5, 5.41) is 5.00. The number of esters is 1. The zero-order valence-electron chi connectivity index (χ0n) is 17.4. The molecule has 1 aromatic rings. The number of urea groups is 1. The molecule has 0 saturated heterocycles. The van der Waals surface area contributed by atoms with Gasteiger partial charge in [0.25, 0.3) is 5.91 Å². The van der Waals surface area contributed by atoms with Gasteiger partial charge in [-0.1, -0.05) is 31.2 Å². The number of nitrogens with one attached hydrogen (secondary N) is 3. The number of hydrogen-bond donors (Lipinski definition) is 4. The van der Waals surface area contributed by atoms with Crippen LogP contribution in [0.3, 0.4) is 0 Å². The number of aryl methyl sites for hydroxylation is 2. The van der Waals surface area contributed by atoms with E-state index in [4.69, 9.17) is 5.84 Å². The second-order valence-electron chi connectivity index (χ2n) is 6.40. The molecule has 0 radical (unpaired) electrons. The molecule has 158 valence electrons. The second-order valence-corrected chi connectivity index (χ2v) is 6.40. The van der Waals surface area contributed by atoms with Crippen molar-refractivity contribution in [2.24, 2.45) is 5.84 Å². The van der Waals surface area contributed by atoms with Crippen molar-refractivity contribution in [3.8, 4) is 0 Å². The maximum absolute atomic E-state index is 12.3. The number of hydrogen-bond acceptors (Lipinski definition) is 6. The summed E-state index contributed by atoms with van der Waals surface area (Å²) in [7, 11) is 1.32. The number of nitrogens with two attached hydrogens (primary N) is 1. The second kappa shape index (κ2) is 12.4. The highest BCUT2D eigenvalue weighted by molar-refractivity contribution is 6.04. The SMILES string of the molecule is CCc1cccc(C)c1CNC(=O)NC(=O)/C(C)=C(/C=C\CCC(=O)OC)NN. The molecular formula is C21H30N4O4. The van der Waals surface area contributed by atoms with Crippen LogP contribution in [-0.2, 0) is 27.3 Å². The first-order valence-corrected chi connectivity index (χ1v) is 9.41. The lowest BCUT2D eigenvalue weighted by molar-refractivity contribution is -0.140. The summed E-state index contributed by atoms with van der Waals surface area (Å²) in [5.41, 5.74) is 6.28. The van der Waals surface area contributed by atoms with E-state index in [1.807, 2.05) is 25.1 Å². The Labute approximate surface area is 171 Å². The lowest BCUT2D eigenvalue weighted by Crippen LogP contribution is -2.40. The van der Waals surface area contributed by atoms with Gasteiger partial charge in [-0.15, -0.1) is 0 Å². The zero-order chi connectivity index (χ0) is 21.8. The standard InChI is InChI=1S/C21H30N4O4/c1-5-16-10-8-9-14(2)17(16)13-23-21(28)24-20(27)15(3)18(25-22)11-6-7-12-19(26)29-4/h6,8-11,25H,5,7,12-13,22H2,1-4H3,(H2,23,24,27,28)/b11-6-,18-15-. The molecule has 0 atom stereocenters. The number of imide groups is 1. The van der Waals surface area contributed by atoms with Gasteiger partial charge in [0.2, 0.25) is 0 Å². The third kappa shape index (κ3) is 7.79. The zero-order valence-corrected chi connectivity index (χ0v) is 17.4. The largest absolute Gasteiger partial charge is 0.469 e. The Kier molecular flexibility index (Phi) is 10.2. The summed E-state index contributed by atoms with van der Waals surface area (Å²) in [5.74, 6) is 4.56. The molecule has 5 N–H and O–H groups in total. The average Bonchev–Trinajstić information content (AvgIpc) is 2.71. The van der Waals surface area contributed by atoms with Gasteiger partial charge in [-0.25, -0.2) is 4.79 Å². The third-order valence-electron chi connectivity index (χ3n) is 4.47. The maximum atomic E-state index is 12.3. The van der Waals surface area contributed by atoms with Gasteiger partial charge in [-0.05, 0) is 49.5 Å². The van der Waals surface area contributed by atoms with Crippen molar-refractivity contribution in [1.29, 1.82) is 0 Å². The molecule has 0 heterocycles. The van der Waals surface area contributed by atoms with E-state index in [2.05, 4.69) is 27.7 Å². The van der Waals surface area contributed by atoms with Gasteiger partial charge in [-0.2, -0.15) is 0 Å². The number of carbonyl (C=O) groups is 3. The van der Waals surface area contributed by atoms with Gasteiger partial charge >= 0.3 is 12.0 Å². The Balaban J connectivity index is 2.68. The van der Waals surface area contributed by atoms with Crippen LogP contribution in [0.5, 0.6) is 0 Å². The molecule has 1 rings (SSSR count). The molecule has 0 fully saturated rings. The molecule has 0 spiro atoms. The van der Waals surface area contributed by atoms with Crippen molar-refractivity contribution in [3.63, 3.8) is 0 Å². The van der Waals surface area contributed by atoms with E-state index < -0.39 is 11.9 Å². The number of rotatable bonds is 9. The van der Waals surface area contributed by atoms with E-state index in [1.165, 1.54) is 7.11 Å². The molecule has 29 heavy (non-hydrogen) atoms. The fraction of sp³-hybridized carbons (Fsp3) is 0.381. The number of methoxy groups -OCH3 is 1. The maximum Gasteiger partial charge on any atom is 0.321 e. The Morgan fingerprint density at radius 3 is 2.59 bits per heavy atom. The van der Waals surface area contributed by atoms with E-state index >= 15 is 0 Å². The van der Waals surface area contributed by atoms with E-state index in [1.54, 1.807) is 19.1 Å². The number of hydrazine groups is 1. The van der Waals surface area contributed by atoms with Crippen LogP contribution in [0.15, 0.2) is 41.6 Å². The minimum Gasteiger partial charge on any atom is -0.469 e. The minimum absolute atomic E-state index is 0.219. The predicted molar refractivity (Wildman–Crippen MR) is 111 cm³/mol. The third-order valence-corrected chi connectivity index (χ3v) is 4.47. The fourth-order valence-corrected chi connectivity index (χ4v) is 2.67. The molecule has 0 saturated carbocycles. The van der Waals surface area contributed by atoms with E-state index in [0.29, 0.717) is 18.7 Å². The number of ether oxygens (including phenoxy) is 1. The van der Waals surface area contributed by atoms with Gasteiger partial charge in [0, 0.05) is 18.5 Å². The molecular weight excluding hydrogens is 372 g/mol. The van der Waals surface area contributed by atoms with Crippen molar-refractivity contribution in [3.05, 3.63) is 58.3 Å².